The van der Waals surface area contributed by atoms with Crippen molar-refractivity contribution in [1.29, 1.82) is 0 Å². The van der Waals surface area contributed by atoms with E-state index in [2.05, 4.69) is 38.9 Å². The Morgan fingerprint density at radius 1 is 1.38 bits per heavy atom. The summed E-state index contributed by atoms with van der Waals surface area (Å²) in [7, 11) is 0. The molecule has 1 rings (SSSR count). The molecule has 3 heteroatoms. The normalized spacial score (nSPS) is 14.4. The van der Waals surface area contributed by atoms with Crippen LogP contribution in [0.25, 0.3) is 0 Å². The highest BCUT2D eigenvalue weighted by molar-refractivity contribution is 5.02. The molecule has 3 nitrogen and oxygen atoms in total. The van der Waals surface area contributed by atoms with Gasteiger partial charge >= 0.3 is 0 Å². The fourth-order valence-corrected chi connectivity index (χ4v) is 2.12. The number of aliphatic hydroxyl groups excluding tert-OH is 1. The van der Waals surface area contributed by atoms with Gasteiger partial charge in [-0.2, -0.15) is 5.10 Å². The summed E-state index contributed by atoms with van der Waals surface area (Å²) in [6.07, 6.45) is 3.50. The van der Waals surface area contributed by atoms with Crippen molar-refractivity contribution in [2.24, 2.45) is 5.41 Å². The number of rotatable bonds is 5. The van der Waals surface area contributed by atoms with E-state index in [1.165, 1.54) is 0 Å². The first kappa shape index (κ1) is 13.2. The zero-order valence-electron chi connectivity index (χ0n) is 11.1. The predicted octanol–water partition coefficient (Wildman–Crippen LogP) is 2.80. The third-order valence-corrected chi connectivity index (χ3v) is 2.70. The van der Waals surface area contributed by atoms with E-state index in [4.69, 9.17) is 0 Å². The van der Waals surface area contributed by atoms with Crippen molar-refractivity contribution in [1.82, 2.24) is 9.78 Å². The monoisotopic (exact) mass is 224 g/mol. The molecule has 1 atom stereocenters. The van der Waals surface area contributed by atoms with Crippen LogP contribution >= 0.6 is 0 Å². The van der Waals surface area contributed by atoms with Gasteiger partial charge in [0, 0.05) is 12.2 Å². The maximum atomic E-state index is 9.43. The average Bonchev–Trinajstić information content (AvgIpc) is 2.48. The van der Waals surface area contributed by atoms with Crippen molar-refractivity contribution in [2.45, 2.75) is 59.6 Å². The minimum Gasteiger partial charge on any atom is -0.393 e. The molecule has 1 unspecified atom stereocenters. The maximum absolute atomic E-state index is 9.43. The topological polar surface area (TPSA) is 38.0 Å². The van der Waals surface area contributed by atoms with Gasteiger partial charge in [-0.3, -0.25) is 4.68 Å². The third kappa shape index (κ3) is 3.97. The second-order valence-electron chi connectivity index (χ2n) is 5.77. The van der Waals surface area contributed by atoms with Crippen LogP contribution in [0.3, 0.4) is 0 Å². The lowest BCUT2D eigenvalue weighted by atomic mass is 9.82. The molecule has 0 aliphatic heterocycles. The Bertz CT molecular complexity index is 326. The Hall–Kier alpha value is -0.830. The molecule has 1 N–H and O–H groups in total. The average molecular weight is 224 g/mol. The number of aliphatic hydroxyl groups is 1. The molecular formula is C13H24N2O. The summed E-state index contributed by atoms with van der Waals surface area (Å²) in [5.74, 6) is 0. The number of aromatic nitrogens is 2. The van der Waals surface area contributed by atoms with E-state index in [1.54, 1.807) is 0 Å². The largest absolute Gasteiger partial charge is 0.393 e. The van der Waals surface area contributed by atoms with Crippen molar-refractivity contribution < 1.29 is 5.11 Å². The van der Waals surface area contributed by atoms with E-state index >= 15 is 0 Å². The van der Waals surface area contributed by atoms with E-state index < -0.39 is 0 Å². The summed E-state index contributed by atoms with van der Waals surface area (Å²) in [6, 6.07) is 2.48. The van der Waals surface area contributed by atoms with Crippen molar-refractivity contribution >= 4 is 0 Å². The van der Waals surface area contributed by atoms with Gasteiger partial charge in [-0.05, 0) is 45.1 Å². The summed E-state index contributed by atoms with van der Waals surface area (Å²) in [6.45, 7) is 10.4. The van der Waals surface area contributed by atoms with Crippen LogP contribution in [0.1, 0.15) is 52.8 Å². The molecule has 0 amide bonds. The SMILES string of the molecule is CC(O)CC(C)(C)Cc1ccn(C(C)C)n1. The molecule has 0 aromatic carbocycles. The molecule has 16 heavy (non-hydrogen) atoms. The number of hydrogen-bond donors (Lipinski definition) is 1. The van der Waals surface area contributed by atoms with Crippen LogP contribution < -0.4 is 0 Å². The molecule has 0 saturated heterocycles. The Morgan fingerprint density at radius 3 is 2.44 bits per heavy atom. The first-order valence-electron chi connectivity index (χ1n) is 6.02. The van der Waals surface area contributed by atoms with Gasteiger partial charge < -0.3 is 5.11 Å². The molecule has 0 saturated carbocycles. The molecule has 1 aromatic heterocycles. The van der Waals surface area contributed by atoms with Crippen LogP contribution in [-0.4, -0.2) is 21.0 Å². The highest BCUT2D eigenvalue weighted by Gasteiger charge is 2.22. The standard InChI is InChI=1S/C13H24N2O/c1-10(2)15-7-6-12(14-15)9-13(4,5)8-11(3)16/h6-7,10-11,16H,8-9H2,1-5H3. The second-order valence-corrected chi connectivity index (χ2v) is 5.77. The quantitative estimate of drug-likeness (QED) is 0.835. The first-order chi connectivity index (χ1) is 7.30. The Morgan fingerprint density at radius 2 is 2.00 bits per heavy atom. The second kappa shape index (κ2) is 5.00. The van der Waals surface area contributed by atoms with E-state index in [9.17, 15) is 5.11 Å². The highest BCUT2D eigenvalue weighted by atomic mass is 16.3. The van der Waals surface area contributed by atoms with Crippen molar-refractivity contribution in [3.05, 3.63) is 18.0 Å². The summed E-state index contributed by atoms with van der Waals surface area (Å²) in [5, 5.41) is 14.0. The molecule has 0 bridgehead atoms. The smallest absolute Gasteiger partial charge is 0.0630 e. The zero-order valence-corrected chi connectivity index (χ0v) is 11.1. The van der Waals surface area contributed by atoms with Crippen molar-refractivity contribution in [3.8, 4) is 0 Å². The summed E-state index contributed by atoms with van der Waals surface area (Å²) < 4.78 is 1.98. The van der Waals surface area contributed by atoms with Gasteiger partial charge in [-0.15, -0.1) is 0 Å². The molecule has 1 aromatic rings. The minimum absolute atomic E-state index is 0.102. The fourth-order valence-electron chi connectivity index (χ4n) is 2.12. The van der Waals surface area contributed by atoms with Crippen LogP contribution in [0.2, 0.25) is 0 Å². The Labute approximate surface area is 98.5 Å². The van der Waals surface area contributed by atoms with Gasteiger partial charge in [0.1, 0.15) is 0 Å². The van der Waals surface area contributed by atoms with Gasteiger partial charge in [0.15, 0.2) is 0 Å². The van der Waals surface area contributed by atoms with E-state index in [0.29, 0.717) is 6.04 Å². The van der Waals surface area contributed by atoms with Gasteiger partial charge in [0.05, 0.1) is 11.8 Å². The molecule has 0 aliphatic carbocycles. The zero-order chi connectivity index (χ0) is 12.3. The van der Waals surface area contributed by atoms with Gasteiger partial charge in [0.2, 0.25) is 0 Å². The van der Waals surface area contributed by atoms with Crippen LogP contribution in [0, 0.1) is 5.41 Å². The fraction of sp³-hybridized carbons (Fsp3) is 0.769. The van der Waals surface area contributed by atoms with Crippen LogP contribution in [0.4, 0.5) is 0 Å². The van der Waals surface area contributed by atoms with Crippen LogP contribution in [0.15, 0.2) is 12.3 Å². The van der Waals surface area contributed by atoms with Gasteiger partial charge in [-0.1, -0.05) is 13.8 Å². The highest BCUT2D eigenvalue weighted by Crippen LogP contribution is 2.27. The van der Waals surface area contributed by atoms with Crippen molar-refractivity contribution in [2.75, 3.05) is 0 Å². The molecule has 1 heterocycles. The molecule has 92 valence electrons. The van der Waals surface area contributed by atoms with Crippen LogP contribution in [0.5, 0.6) is 0 Å². The summed E-state index contributed by atoms with van der Waals surface area (Å²) in [4.78, 5) is 0. The number of nitrogens with zero attached hydrogens (tertiary/aromatic N) is 2. The molecular weight excluding hydrogens is 200 g/mol. The summed E-state index contributed by atoms with van der Waals surface area (Å²) in [5.41, 5.74) is 1.21. The lowest BCUT2D eigenvalue weighted by molar-refractivity contribution is 0.129. The third-order valence-electron chi connectivity index (χ3n) is 2.70. The van der Waals surface area contributed by atoms with Gasteiger partial charge in [0.25, 0.3) is 0 Å². The lowest BCUT2D eigenvalue weighted by Crippen LogP contribution is -2.21. The maximum Gasteiger partial charge on any atom is 0.0630 e. The first-order valence-corrected chi connectivity index (χ1v) is 6.02. The van der Waals surface area contributed by atoms with Crippen LogP contribution in [-0.2, 0) is 6.42 Å². The summed E-state index contributed by atoms with van der Waals surface area (Å²) >= 11 is 0. The van der Waals surface area contributed by atoms with E-state index in [-0.39, 0.29) is 11.5 Å². The minimum atomic E-state index is -0.248. The molecule has 0 spiro atoms. The molecule has 0 aliphatic rings. The predicted molar refractivity (Wildman–Crippen MR) is 66.4 cm³/mol. The molecule has 0 radical (unpaired) electrons. The lowest BCUT2D eigenvalue weighted by Gasteiger charge is -2.25. The Balaban J connectivity index is 2.65. The molecule has 0 fully saturated rings. The van der Waals surface area contributed by atoms with Crippen molar-refractivity contribution in [3.63, 3.8) is 0 Å². The van der Waals surface area contributed by atoms with Gasteiger partial charge in [-0.25, -0.2) is 0 Å². The van der Waals surface area contributed by atoms with E-state index in [1.807, 2.05) is 17.8 Å². The van der Waals surface area contributed by atoms with E-state index in [0.717, 1.165) is 18.5 Å². The Kier molecular flexibility index (Phi) is 4.14. The number of hydrogen-bond acceptors (Lipinski definition) is 2.